The highest BCUT2D eigenvalue weighted by molar-refractivity contribution is 8.04. The first-order chi connectivity index (χ1) is 14.5. The Morgan fingerprint density at radius 1 is 1.10 bits per heavy atom. The number of nitrogens with zero attached hydrogens (tertiary/aromatic N) is 1. The van der Waals surface area contributed by atoms with Gasteiger partial charge in [-0.2, -0.15) is 5.26 Å². The second-order valence-electron chi connectivity index (χ2n) is 6.02. The van der Waals surface area contributed by atoms with Crippen LogP contribution in [-0.4, -0.2) is 18.5 Å². The average Bonchev–Trinajstić information content (AvgIpc) is 3.05. The molecule has 0 aliphatic rings. The van der Waals surface area contributed by atoms with Gasteiger partial charge in [0.05, 0.1) is 11.5 Å². The summed E-state index contributed by atoms with van der Waals surface area (Å²) in [6.07, 6.45) is 0. The third-order valence-electron chi connectivity index (χ3n) is 4.02. The molecule has 1 heterocycles. The Balaban J connectivity index is 1.77. The van der Waals surface area contributed by atoms with Crippen LogP contribution in [0, 0.1) is 17.6 Å². The number of thioether (sulfide) groups is 1. The topological polar surface area (TPSA) is 88.4 Å². The molecule has 0 radical (unpaired) electrons. The Bertz CT molecular complexity index is 1090. The molecule has 1 amide bonds. The van der Waals surface area contributed by atoms with Crippen molar-refractivity contribution in [2.75, 3.05) is 11.9 Å². The first-order valence-electron chi connectivity index (χ1n) is 9.04. The number of esters is 1. The fourth-order valence-corrected chi connectivity index (χ4v) is 4.41. The van der Waals surface area contributed by atoms with Crippen LogP contribution in [0.4, 0.5) is 5.00 Å². The van der Waals surface area contributed by atoms with Gasteiger partial charge >= 0.3 is 5.97 Å². The van der Waals surface area contributed by atoms with Gasteiger partial charge in [0.1, 0.15) is 26.8 Å². The van der Waals surface area contributed by atoms with Crippen molar-refractivity contribution in [3.63, 3.8) is 0 Å². The molecule has 3 rings (SSSR count). The summed E-state index contributed by atoms with van der Waals surface area (Å²) < 4.78 is 10.8. The average molecular weight is 439 g/mol. The van der Waals surface area contributed by atoms with Gasteiger partial charge in [-0.3, -0.25) is 4.79 Å². The summed E-state index contributed by atoms with van der Waals surface area (Å²) in [5.74, 6) is 0.490. The number of nitriles is 1. The van der Waals surface area contributed by atoms with Crippen molar-refractivity contribution in [3.8, 4) is 16.9 Å². The van der Waals surface area contributed by atoms with Crippen LogP contribution in [0.25, 0.3) is 0 Å². The van der Waals surface area contributed by atoms with E-state index < -0.39 is 5.97 Å². The van der Waals surface area contributed by atoms with E-state index in [2.05, 4.69) is 5.32 Å². The highest BCUT2D eigenvalue weighted by atomic mass is 32.2. The number of thiocyanates is 1. The van der Waals surface area contributed by atoms with E-state index in [1.807, 2.05) is 35.7 Å². The molecular formula is C22H18N2O4S2. The molecule has 30 heavy (non-hydrogen) atoms. The molecule has 8 heteroatoms. The van der Waals surface area contributed by atoms with Gasteiger partial charge in [-0.05, 0) is 67.6 Å². The molecule has 1 aromatic heterocycles. The summed E-state index contributed by atoms with van der Waals surface area (Å²) >= 11 is 2.00. The van der Waals surface area contributed by atoms with E-state index in [4.69, 9.17) is 14.7 Å². The first-order valence-corrected chi connectivity index (χ1v) is 10.7. The van der Waals surface area contributed by atoms with Crippen LogP contribution in [-0.2, 0) is 4.74 Å². The molecule has 0 saturated heterocycles. The lowest BCUT2D eigenvalue weighted by Gasteiger charge is -2.07. The number of hydrogen-bond donors (Lipinski definition) is 1. The molecule has 152 valence electrons. The molecule has 1 N–H and O–H groups in total. The van der Waals surface area contributed by atoms with Gasteiger partial charge in [0.15, 0.2) is 0 Å². The molecule has 2 aromatic carbocycles. The van der Waals surface area contributed by atoms with Crippen molar-refractivity contribution in [2.45, 2.75) is 18.7 Å². The van der Waals surface area contributed by atoms with Gasteiger partial charge in [0, 0.05) is 5.56 Å². The predicted octanol–water partition coefficient (Wildman–Crippen LogP) is 5.85. The number of para-hydroxylation sites is 1. The van der Waals surface area contributed by atoms with Crippen LogP contribution in [0.3, 0.4) is 0 Å². The number of benzene rings is 2. The lowest BCUT2D eigenvalue weighted by atomic mass is 10.2. The summed E-state index contributed by atoms with van der Waals surface area (Å²) in [5, 5.41) is 14.3. The van der Waals surface area contributed by atoms with Crippen LogP contribution in [0.1, 0.15) is 32.5 Å². The number of carbonyl (C=O) groups is 2. The molecule has 0 unspecified atom stereocenters. The summed E-state index contributed by atoms with van der Waals surface area (Å²) in [7, 11) is 0. The quantitative estimate of drug-likeness (QED) is 0.283. The molecule has 0 atom stereocenters. The number of carbonyl (C=O) groups excluding carboxylic acids is 2. The van der Waals surface area contributed by atoms with Crippen LogP contribution in [0.2, 0.25) is 0 Å². The van der Waals surface area contributed by atoms with E-state index in [-0.39, 0.29) is 12.5 Å². The smallest absolute Gasteiger partial charge is 0.348 e. The first kappa shape index (κ1) is 21.4. The number of amides is 1. The third-order valence-corrected chi connectivity index (χ3v) is 6.14. The number of rotatable bonds is 7. The molecule has 6 nitrogen and oxygen atoms in total. The normalized spacial score (nSPS) is 10.2. The molecule has 0 spiro atoms. The minimum atomic E-state index is -0.470. The highest BCUT2D eigenvalue weighted by Crippen LogP contribution is 2.40. The van der Waals surface area contributed by atoms with Crippen molar-refractivity contribution in [2.24, 2.45) is 0 Å². The molecule has 0 bridgehead atoms. The van der Waals surface area contributed by atoms with Gasteiger partial charge in [-0.1, -0.05) is 18.2 Å². The zero-order valence-corrected chi connectivity index (χ0v) is 17.9. The van der Waals surface area contributed by atoms with E-state index in [1.165, 1.54) is 0 Å². The molecule has 0 saturated carbocycles. The molecule has 0 aliphatic carbocycles. The summed E-state index contributed by atoms with van der Waals surface area (Å²) in [6.45, 7) is 3.70. The lowest BCUT2D eigenvalue weighted by Crippen LogP contribution is -2.11. The van der Waals surface area contributed by atoms with Gasteiger partial charge in [0.25, 0.3) is 5.91 Å². The summed E-state index contributed by atoms with van der Waals surface area (Å²) in [6, 6.07) is 16.1. The standard InChI is InChI=1S/C22H18N2O4S2/c1-3-27-22(26)19-14(2)18(29-13-23)21(30-19)24-20(25)15-9-11-17(12-10-15)28-16-7-5-4-6-8-16/h4-12H,3H2,1-2H3,(H,24,25). The number of ether oxygens (including phenoxy) is 2. The Hall–Kier alpha value is -3.28. The zero-order valence-electron chi connectivity index (χ0n) is 16.3. The number of thiophene rings is 1. The van der Waals surface area contributed by atoms with E-state index in [0.29, 0.717) is 37.4 Å². The summed E-state index contributed by atoms with van der Waals surface area (Å²) in [5.41, 5.74) is 1.04. The molecular weight excluding hydrogens is 420 g/mol. The Kier molecular flexibility index (Phi) is 7.12. The third kappa shape index (κ3) is 5.00. The predicted molar refractivity (Wildman–Crippen MR) is 117 cm³/mol. The zero-order chi connectivity index (χ0) is 21.5. The number of anilines is 1. The molecule has 0 fully saturated rings. The number of hydrogen-bond acceptors (Lipinski definition) is 7. The van der Waals surface area contributed by atoms with Gasteiger partial charge in [-0.15, -0.1) is 11.3 Å². The van der Waals surface area contributed by atoms with E-state index in [0.717, 1.165) is 23.1 Å². The Morgan fingerprint density at radius 2 is 1.77 bits per heavy atom. The Labute approximate surface area is 182 Å². The largest absolute Gasteiger partial charge is 0.462 e. The minimum Gasteiger partial charge on any atom is -0.462 e. The van der Waals surface area contributed by atoms with Crippen molar-refractivity contribution in [1.29, 1.82) is 5.26 Å². The van der Waals surface area contributed by atoms with E-state index in [9.17, 15) is 9.59 Å². The molecule has 3 aromatic rings. The number of nitrogens with one attached hydrogen (secondary N) is 1. The van der Waals surface area contributed by atoms with Crippen molar-refractivity contribution in [3.05, 3.63) is 70.6 Å². The van der Waals surface area contributed by atoms with Gasteiger partial charge < -0.3 is 14.8 Å². The maximum Gasteiger partial charge on any atom is 0.348 e. The SMILES string of the molecule is CCOC(=O)c1sc(NC(=O)c2ccc(Oc3ccccc3)cc2)c(SC#N)c1C. The second-order valence-corrected chi connectivity index (χ2v) is 7.84. The Morgan fingerprint density at radius 3 is 2.40 bits per heavy atom. The van der Waals surface area contributed by atoms with Crippen molar-refractivity contribution < 1.29 is 19.1 Å². The fraction of sp³-hybridized carbons (Fsp3) is 0.136. The van der Waals surface area contributed by atoms with E-state index >= 15 is 0 Å². The van der Waals surface area contributed by atoms with Gasteiger partial charge in [-0.25, -0.2) is 4.79 Å². The van der Waals surface area contributed by atoms with Crippen LogP contribution < -0.4 is 10.1 Å². The van der Waals surface area contributed by atoms with Crippen LogP contribution in [0.15, 0.2) is 59.5 Å². The minimum absolute atomic E-state index is 0.246. The van der Waals surface area contributed by atoms with Crippen LogP contribution >= 0.6 is 23.1 Å². The van der Waals surface area contributed by atoms with Crippen molar-refractivity contribution in [1.82, 2.24) is 0 Å². The van der Waals surface area contributed by atoms with Crippen molar-refractivity contribution >= 4 is 40.0 Å². The highest BCUT2D eigenvalue weighted by Gasteiger charge is 2.23. The molecule has 0 aliphatic heterocycles. The second kappa shape index (κ2) is 9.96. The maximum absolute atomic E-state index is 12.7. The fourth-order valence-electron chi connectivity index (χ4n) is 2.61. The van der Waals surface area contributed by atoms with Crippen LogP contribution in [0.5, 0.6) is 11.5 Å². The maximum atomic E-state index is 12.7. The van der Waals surface area contributed by atoms with E-state index in [1.54, 1.807) is 38.1 Å². The lowest BCUT2D eigenvalue weighted by molar-refractivity contribution is 0.0531. The summed E-state index contributed by atoms with van der Waals surface area (Å²) in [4.78, 5) is 25.8. The monoisotopic (exact) mass is 438 g/mol. The van der Waals surface area contributed by atoms with Gasteiger partial charge in [0.2, 0.25) is 0 Å².